The monoisotopic (exact) mass is 566 g/mol. The molecule has 0 unspecified atom stereocenters. The van der Waals surface area contributed by atoms with Crippen molar-refractivity contribution in [2.45, 2.75) is 45.2 Å². The summed E-state index contributed by atoms with van der Waals surface area (Å²) in [5.41, 5.74) is 2.63. The highest BCUT2D eigenvalue weighted by atomic mass is 127. The van der Waals surface area contributed by atoms with Crippen molar-refractivity contribution in [2.75, 3.05) is 40.4 Å². The van der Waals surface area contributed by atoms with Crippen molar-refractivity contribution in [1.29, 1.82) is 0 Å². The van der Waals surface area contributed by atoms with Crippen molar-refractivity contribution in [3.05, 3.63) is 59.7 Å². The molecule has 2 aromatic carbocycles. The van der Waals surface area contributed by atoms with E-state index in [1.165, 1.54) is 11.1 Å². The van der Waals surface area contributed by atoms with Crippen LogP contribution in [0.2, 0.25) is 0 Å². The highest BCUT2D eigenvalue weighted by molar-refractivity contribution is 14.0. The van der Waals surface area contributed by atoms with Gasteiger partial charge in [-0.15, -0.1) is 24.0 Å². The van der Waals surface area contributed by atoms with Gasteiger partial charge in [-0.2, -0.15) is 0 Å². The number of hydrogen-bond donors (Lipinski definition) is 2. The largest absolute Gasteiger partial charge is 0.493 e. The zero-order valence-corrected chi connectivity index (χ0v) is 22.5. The molecule has 0 bridgehead atoms. The number of hydrogen-bond acceptors (Lipinski definition) is 4. The number of piperidine rings is 1. The minimum absolute atomic E-state index is 0. The van der Waals surface area contributed by atoms with Gasteiger partial charge in [-0.25, -0.2) is 0 Å². The third kappa shape index (κ3) is 9.04. The molecule has 6 nitrogen and oxygen atoms in total. The van der Waals surface area contributed by atoms with E-state index in [0.29, 0.717) is 6.04 Å². The second kappa shape index (κ2) is 15.0. The van der Waals surface area contributed by atoms with Crippen LogP contribution in [0.3, 0.4) is 0 Å². The predicted octanol–water partition coefficient (Wildman–Crippen LogP) is 4.47. The fourth-order valence-electron chi connectivity index (χ4n) is 4.10. The lowest BCUT2D eigenvalue weighted by Crippen LogP contribution is -2.48. The number of nitrogens with one attached hydrogen (secondary N) is 2. The Balaban J connectivity index is 0.00000385. The van der Waals surface area contributed by atoms with E-state index in [-0.39, 0.29) is 24.0 Å². The summed E-state index contributed by atoms with van der Waals surface area (Å²) in [4.78, 5) is 7.35. The Morgan fingerprint density at radius 3 is 2.39 bits per heavy atom. The average molecular weight is 567 g/mol. The van der Waals surface area contributed by atoms with Crippen LogP contribution in [0.5, 0.6) is 11.5 Å². The van der Waals surface area contributed by atoms with Crippen LogP contribution < -0.4 is 20.1 Å². The smallest absolute Gasteiger partial charge is 0.191 e. The number of nitrogens with zero attached hydrogens (tertiary/aromatic N) is 2. The Kier molecular flexibility index (Phi) is 12.4. The second-order valence-corrected chi connectivity index (χ2v) is 8.23. The zero-order chi connectivity index (χ0) is 22.6. The van der Waals surface area contributed by atoms with Crippen LogP contribution in [0.25, 0.3) is 0 Å². The third-order valence-electron chi connectivity index (χ3n) is 5.86. The molecule has 0 spiro atoms. The van der Waals surface area contributed by atoms with Gasteiger partial charge in [0.1, 0.15) is 0 Å². The standard InChI is InChI=1S/C26H38N4O2.HI/c1-4-27-26(28-16-8-11-21-12-13-24(31-2)25(19-21)32-3)29-23-14-17-30(18-15-23)20-22-9-6-5-7-10-22;/h5-7,9-10,12-13,19,23H,4,8,11,14-18,20H2,1-3H3,(H2,27,28,29);1H. The van der Waals surface area contributed by atoms with Crippen LogP contribution in [-0.2, 0) is 13.0 Å². The maximum Gasteiger partial charge on any atom is 0.191 e. The maximum atomic E-state index is 5.40. The lowest BCUT2D eigenvalue weighted by Gasteiger charge is -2.33. The Morgan fingerprint density at radius 2 is 1.73 bits per heavy atom. The normalized spacial score (nSPS) is 14.9. The number of guanidine groups is 1. The number of benzene rings is 2. The van der Waals surface area contributed by atoms with Crippen LogP contribution in [-0.4, -0.2) is 57.3 Å². The Bertz CT molecular complexity index is 839. The van der Waals surface area contributed by atoms with Gasteiger partial charge < -0.3 is 20.1 Å². The van der Waals surface area contributed by atoms with Gasteiger partial charge in [0.2, 0.25) is 0 Å². The molecule has 2 aromatic rings. The molecule has 1 aliphatic rings. The van der Waals surface area contributed by atoms with Gasteiger partial charge in [0.05, 0.1) is 14.2 Å². The van der Waals surface area contributed by atoms with E-state index in [0.717, 1.165) is 75.9 Å². The third-order valence-corrected chi connectivity index (χ3v) is 5.86. The molecule has 2 N–H and O–H groups in total. The topological polar surface area (TPSA) is 58.1 Å². The summed E-state index contributed by atoms with van der Waals surface area (Å²) in [6.07, 6.45) is 4.23. The second-order valence-electron chi connectivity index (χ2n) is 8.23. The molecule has 1 saturated heterocycles. The fourth-order valence-corrected chi connectivity index (χ4v) is 4.10. The highest BCUT2D eigenvalue weighted by Gasteiger charge is 2.20. The van der Waals surface area contributed by atoms with E-state index >= 15 is 0 Å². The van der Waals surface area contributed by atoms with Gasteiger partial charge in [0.25, 0.3) is 0 Å². The molecule has 0 aliphatic carbocycles. The molecule has 0 radical (unpaired) electrons. The van der Waals surface area contributed by atoms with E-state index < -0.39 is 0 Å². The first-order valence-electron chi connectivity index (χ1n) is 11.7. The number of likely N-dealkylation sites (tertiary alicyclic amines) is 1. The lowest BCUT2D eigenvalue weighted by molar-refractivity contribution is 0.198. The van der Waals surface area contributed by atoms with Crippen molar-refractivity contribution in [3.8, 4) is 11.5 Å². The molecule has 1 fully saturated rings. The number of rotatable bonds is 10. The van der Waals surface area contributed by atoms with E-state index in [9.17, 15) is 0 Å². The van der Waals surface area contributed by atoms with Gasteiger partial charge in [0, 0.05) is 38.8 Å². The molecule has 3 rings (SSSR count). The van der Waals surface area contributed by atoms with Crippen LogP contribution in [0, 0.1) is 0 Å². The van der Waals surface area contributed by atoms with Gasteiger partial charge in [0.15, 0.2) is 17.5 Å². The van der Waals surface area contributed by atoms with Crippen molar-refractivity contribution < 1.29 is 9.47 Å². The molecule has 1 heterocycles. The lowest BCUT2D eigenvalue weighted by atomic mass is 10.0. The van der Waals surface area contributed by atoms with Gasteiger partial charge in [-0.3, -0.25) is 9.89 Å². The highest BCUT2D eigenvalue weighted by Crippen LogP contribution is 2.27. The molecule has 33 heavy (non-hydrogen) atoms. The van der Waals surface area contributed by atoms with E-state index in [2.05, 4.69) is 64.9 Å². The molecule has 7 heteroatoms. The minimum Gasteiger partial charge on any atom is -0.493 e. The summed E-state index contributed by atoms with van der Waals surface area (Å²) < 4.78 is 10.7. The first-order chi connectivity index (χ1) is 15.7. The van der Waals surface area contributed by atoms with Crippen molar-refractivity contribution in [1.82, 2.24) is 15.5 Å². The van der Waals surface area contributed by atoms with Crippen molar-refractivity contribution in [2.24, 2.45) is 4.99 Å². The van der Waals surface area contributed by atoms with E-state index in [1.54, 1.807) is 14.2 Å². The average Bonchev–Trinajstić information content (AvgIpc) is 2.83. The van der Waals surface area contributed by atoms with Crippen LogP contribution in [0.4, 0.5) is 0 Å². The van der Waals surface area contributed by atoms with Crippen molar-refractivity contribution in [3.63, 3.8) is 0 Å². The molecular weight excluding hydrogens is 527 g/mol. The van der Waals surface area contributed by atoms with Gasteiger partial charge in [-0.05, 0) is 55.9 Å². The van der Waals surface area contributed by atoms with Crippen LogP contribution >= 0.6 is 24.0 Å². The molecule has 0 amide bonds. The predicted molar refractivity (Wildman–Crippen MR) is 147 cm³/mol. The fraction of sp³-hybridized carbons (Fsp3) is 0.500. The number of ether oxygens (including phenoxy) is 2. The Morgan fingerprint density at radius 1 is 1.00 bits per heavy atom. The first-order valence-corrected chi connectivity index (χ1v) is 11.7. The Labute approximate surface area is 216 Å². The molecule has 0 aromatic heterocycles. The summed E-state index contributed by atoms with van der Waals surface area (Å²) in [7, 11) is 3.33. The summed E-state index contributed by atoms with van der Waals surface area (Å²) in [5, 5.41) is 7.05. The quantitative estimate of drug-likeness (QED) is 0.192. The van der Waals surface area contributed by atoms with Crippen LogP contribution in [0.1, 0.15) is 37.3 Å². The number of aryl methyl sites for hydroxylation is 1. The summed E-state index contributed by atoms with van der Waals surface area (Å²) in [5.74, 6) is 2.48. The molecule has 1 aliphatic heterocycles. The first kappa shape index (κ1) is 27.2. The number of aliphatic imine (C=N–C) groups is 1. The number of methoxy groups -OCH3 is 2. The van der Waals surface area contributed by atoms with Crippen molar-refractivity contribution >= 4 is 29.9 Å². The zero-order valence-electron chi connectivity index (χ0n) is 20.2. The molecular formula is C26H39IN4O2. The summed E-state index contributed by atoms with van der Waals surface area (Å²) in [6, 6.07) is 17.3. The minimum atomic E-state index is 0. The summed E-state index contributed by atoms with van der Waals surface area (Å²) in [6.45, 7) is 7.04. The molecule has 182 valence electrons. The summed E-state index contributed by atoms with van der Waals surface area (Å²) >= 11 is 0. The Hall–Kier alpha value is -2.00. The van der Waals surface area contributed by atoms with Crippen LogP contribution in [0.15, 0.2) is 53.5 Å². The van der Waals surface area contributed by atoms with Gasteiger partial charge >= 0.3 is 0 Å². The van der Waals surface area contributed by atoms with E-state index in [4.69, 9.17) is 14.5 Å². The van der Waals surface area contributed by atoms with E-state index in [1.807, 2.05) is 6.07 Å². The molecule has 0 saturated carbocycles. The maximum absolute atomic E-state index is 5.40. The van der Waals surface area contributed by atoms with Gasteiger partial charge in [-0.1, -0.05) is 36.4 Å². The SMILES string of the molecule is CCNC(=NCCCc1ccc(OC)c(OC)c1)NC1CCN(Cc2ccccc2)CC1.I. The molecule has 0 atom stereocenters. The number of halogens is 1.